The molecule has 0 radical (unpaired) electrons. The number of nitrogens with zero attached hydrogens (tertiary/aromatic N) is 4. The Morgan fingerprint density at radius 3 is 2.94 bits per heavy atom. The fourth-order valence-electron chi connectivity index (χ4n) is 1.50. The van der Waals surface area contributed by atoms with E-state index < -0.39 is 0 Å². The topological polar surface area (TPSA) is 54.0 Å². The molecule has 0 aliphatic carbocycles. The van der Waals surface area contributed by atoms with Crippen LogP contribution in [0.2, 0.25) is 0 Å². The highest BCUT2D eigenvalue weighted by molar-refractivity contribution is 7.13. The van der Waals surface area contributed by atoms with Crippen molar-refractivity contribution in [2.24, 2.45) is 0 Å². The number of fused-ring (bicyclic) bond motifs is 1. The zero-order chi connectivity index (χ0) is 11.0. The summed E-state index contributed by atoms with van der Waals surface area (Å²) in [6.07, 6.45) is 0. The van der Waals surface area contributed by atoms with Crippen molar-refractivity contribution in [1.29, 1.82) is 5.26 Å². The summed E-state index contributed by atoms with van der Waals surface area (Å²) in [6.45, 7) is 0. The zero-order valence-electron chi connectivity index (χ0n) is 8.16. The first-order chi connectivity index (χ1) is 7.88. The first-order valence-electron chi connectivity index (χ1n) is 4.68. The number of thiophene rings is 1. The maximum atomic E-state index is 8.94. The van der Waals surface area contributed by atoms with Crippen molar-refractivity contribution < 1.29 is 0 Å². The third-order valence-corrected chi connectivity index (χ3v) is 3.08. The fraction of sp³-hybridized carbons (Fsp3) is 0. The van der Waals surface area contributed by atoms with Crippen molar-refractivity contribution in [2.45, 2.75) is 0 Å². The second kappa shape index (κ2) is 3.43. The maximum Gasteiger partial charge on any atom is 0.192 e. The summed E-state index contributed by atoms with van der Waals surface area (Å²) in [5.41, 5.74) is 1.19. The van der Waals surface area contributed by atoms with Crippen LogP contribution >= 0.6 is 11.3 Å². The molecule has 76 valence electrons. The van der Waals surface area contributed by atoms with Crippen molar-refractivity contribution in [3.8, 4) is 16.8 Å². The van der Waals surface area contributed by atoms with E-state index in [0.29, 0.717) is 17.2 Å². The molecular weight excluding hydrogens is 220 g/mol. The number of rotatable bonds is 1. The lowest BCUT2D eigenvalue weighted by atomic mass is 10.4. The molecule has 0 atom stereocenters. The largest absolute Gasteiger partial charge is 0.206 e. The molecule has 0 saturated heterocycles. The van der Waals surface area contributed by atoms with Gasteiger partial charge in [-0.3, -0.25) is 0 Å². The number of pyridine rings is 1. The third-order valence-electron chi connectivity index (χ3n) is 2.22. The van der Waals surface area contributed by atoms with Crippen LogP contribution < -0.4 is 0 Å². The van der Waals surface area contributed by atoms with Crippen LogP contribution in [0, 0.1) is 11.3 Å². The Labute approximate surface area is 95.4 Å². The van der Waals surface area contributed by atoms with E-state index in [2.05, 4.69) is 16.2 Å². The molecule has 0 saturated carbocycles. The fourth-order valence-corrected chi connectivity index (χ4v) is 2.15. The monoisotopic (exact) mass is 226 g/mol. The summed E-state index contributed by atoms with van der Waals surface area (Å²) in [5.74, 6) is 0.665. The summed E-state index contributed by atoms with van der Waals surface area (Å²) in [5, 5.41) is 15.2. The van der Waals surface area contributed by atoms with Gasteiger partial charge in [0.25, 0.3) is 0 Å². The minimum atomic E-state index is 0.493. The molecule has 4 nitrogen and oxygen atoms in total. The Hall–Kier alpha value is -2.19. The van der Waals surface area contributed by atoms with Gasteiger partial charge in [0.1, 0.15) is 11.8 Å². The Morgan fingerprint density at radius 1 is 1.25 bits per heavy atom. The van der Waals surface area contributed by atoms with Crippen LogP contribution in [0.4, 0.5) is 0 Å². The van der Waals surface area contributed by atoms with Crippen LogP contribution in [-0.4, -0.2) is 14.6 Å². The van der Waals surface area contributed by atoms with E-state index in [0.717, 1.165) is 4.88 Å². The molecule has 0 unspecified atom stereocenters. The molecule has 5 heteroatoms. The number of aromatic nitrogens is 3. The minimum Gasteiger partial charge on any atom is -0.206 e. The predicted molar refractivity (Wildman–Crippen MR) is 61.0 cm³/mol. The molecule has 0 N–H and O–H groups in total. The standard InChI is InChI=1S/C11H6N4S/c12-7-8-3-1-5-10-13-11(14-15(8)10)9-4-2-6-16-9/h1-6H. The zero-order valence-corrected chi connectivity index (χ0v) is 8.98. The van der Waals surface area contributed by atoms with Gasteiger partial charge in [0, 0.05) is 0 Å². The molecule has 3 heterocycles. The van der Waals surface area contributed by atoms with E-state index in [-0.39, 0.29) is 0 Å². The van der Waals surface area contributed by atoms with E-state index in [1.165, 1.54) is 0 Å². The Bertz CT molecular complexity index is 676. The normalized spacial score (nSPS) is 10.4. The molecule has 0 fully saturated rings. The second-order valence-electron chi connectivity index (χ2n) is 3.21. The highest BCUT2D eigenvalue weighted by atomic mass is 32.1. The van der Waals surface area contributed by atoms with E-state index in [1.54, 1.807) is 28.0 Å². The van der Waals surface area contributed by atoms with Gasteiger partial charge in [-0.25, -0.2) is 9.50 Å². The number of nitriles is 1. The first-order valence-corrected chi connectivity index (χ1v) is 5.56. The van der Waals surface area contributed by atoms with Gasteiger partial charge in [0.2, 0.25) is 0 Å². The minimum absolute atomic E-state index is 0.493. The van der Waals surface area contributed by atoms with Gasteiger partial charge in [0.05, 0.1) is 4.88 Å². The van der Waals surface area contributed by atoms with Crippen LogP contribution in [0.25, 0.3) is 16.3 Å². The van der Waals surface area contributed by atoms with Crippen LogP contribution in [-0.2, 0) is 0 Å². The first kappa shape index (κ1) is 9.07. The van der Waals surface area contributed by atoms with Crippen LogP contribution in [0.15, 0.2) is 35.7 Å². The van der Waals surface area contributed by atoms with Gasteiger partial charge in [-0.2, -0.15) is 5.26 Å². The summed E-state index contributed by atoms with van der Waals surface area (Å²) in [6, 6.07) is 11.4. The van der Waals surface area contributed by atoms with E-state index in [9.17, 15) is 0 Å². The van der Waals surface area contributed by atoms with Gasteiger partial charge < -0.3 is 0 Å². The second-order valence-corrected chi connectivity index (χ2v) is 4.15. The molecule has 0 spiro atoms. The summed E-state index contributed by atoms with van der Waals surface area (Å²) in [4.78, 5) is 5.38. The van der Waals surface area contributed by atoms with E-state index >= 15 is 0 Å². The van der Waals surface area contributed by atoms with Crippen molar-refractivity contribution in [2.75, 3.05) is 0 Å². The van der Waals surface area contributed by atoms with Gasteiger partial charge in [-0.1, -0.05) is 12.1 Å². The lowest BCUT2D eigenvalue weighted by Crippen LogP contribution is -1.92. The molecule has 0 aliphatic heterocycles. The maximum absolute atomic E-state index is 8.94. The summed E-state index contributed by atoms with van der Waals surface area (Å²) >= 11 is 1.58. The van der Waals surface area contributed by atoms with Gasteiger partial charge in [0.15, 0.2) is 11.5 Å². The summed E-state index contributed by atoms with van der Waals surface area (Å²) in [7, 11) is 0. The van der Waals surface area contributed by atoms with Gasteiger partial charge >= 0.3 is 0 Å². The van der Waals surface area contributed by atoms with Crippen molar-refractivity contribution >= 4 is 17.0 Å². The van der Waals surface area contributed by atoms with Crippen LogP contribution in [0.5, 0.6) is 0 Å². The number of hydrogen-bond acceptors (Lipinski definition) is 4. The molecule has 0 amide bonds. The molecule has 16 heavy (non-hydrogen) atoms. The third kappa shape index (κ3) is 1.28. The van der Waals surface area contributed by atoms with Gasteiger partial charge in [-0.15, -0.1) is 16.4 Å². The quantitative estimate of drug-likeness (QED) is 0.640. The van der Waals surface area contributed by atoms with E-state index in [1.807, 2.05) is 23.6 Å². The molecule has 0 aromatic carbocycles. The van der Waals surface area contributed by atoms with E-state index in [4.69, 9.17) is 5.26 Å². The summed E-state index contributed by atoms with van der Waals surface area (Å²) < 4.78 is 1.56. The SMILES string of the molecule is N#Cc1cccc2nc(-c3cccs3)nn12. The highest BCUT2D eigenvalue weighted by Gasteiger charge is 2.08. The molecule has 3 aromatic rings. The van der Waals surface area contributed by atoms with Crippen LogP contribution in [0.1, 0.15) is 5.69 Å². The molecule has 3 aromatic heterocycles. The molecule has 3 rings (SSSR count). The molecular formula is C11H6N4S. The lowest BCUT2D eigenvalue weighted by Gasteiger charge is -1.91. The van der Waals surface area contributed by atoms with Crippen molar-refractivity contribution in [3.05, 3.63) is 41.4 Å². The average Bonchev–Trinajstić information content (AvgIpc) is 2.96. The molecule has 0 aliphatic rings. The van der Waals surface area contributed by atoms with Gasteiger partial charge in [-0.05, 0) is 23.6 Å². The van der Waals surface area contributed by atoms with Crippen molar-refractivity contribution in [3.63, 3.8) is 0 Å². The lowest BCUT2D eigenvalue weighted by molar-refractivity contribution is 0.946. The van der Waals surface area contributed by atoms with Crippen molar-refractivity contribution in [1.82, 2.24) is 14.6 Å². The number of hydrogen-bond donors (Lipinski definition) is 0. The molecule has 0 bridgehead atoms. The predicted octanol–water partition coefficient (Wildman–Crippen LogP) is 2.33. The Balaban J connectivity index is 2.28. The Morgan fingerprint density at radius 2 is 2.19 bits per heavy atom. The Kier molecular flexibility index (Phi) is 1.95. The smallest absolute Gasteiger partial charge is 0.192 e. The van der Waals surface area contributed by atoms with Crippen LogP contribution in [0.3, 0.4) is 0 Å². The highest BCUT2D eigenvalue weighted by Crippen LogP contribution is 2.21. The average molecular weight is 226 g/mol.